The van der Waals surface area contributed by atoms with E-state index in [1.165, 1.54) is 12.1 Å². The van der Waals surface area contributed by atoms with Gasteiger partial charge in [0.1, 0.15) is 0 Å². The van der Waals surface area contributed by atoms with Crippen molar-refractivity contribution in [3.63, 3.8) is 0 Å². The molecular formula is C12H19N3O3S. The number of benzene rings is 1. The summed E-state index contributed by atoms with van der Waals surface area (Å²) in [7, 11) is -3.29. The maximum Gasteiger partial charge on any atom is 0.219 e. The van der Waals surface area contributed by atoms with Gasteiger partial charge in [-0.05, 0) is 32.0 Å². The summed E-state index contributed by atoms with van der Waals surface area (Å²) >= 11 is 0. The summed E-state index contributed by atoms with van der Waals surface area (Å²) in [6, 6.07) is 4.43. The number of amides is 1. The molecule has 0 spiro atoms. The zero-order valence-electron chi connectivity index (χ0n) is 11.2. The summed E-state index contributed by atoms with van der Waals surface area (Å²) in [6.07, 6.45) is 1.26. The predicted octanol–water partition coefficient (Wildman–Crippen LogP) is 0.738. The van der Waals surface area contributed by atoms with E-state index in [9.17, 15) is 13.2 Å². The van der Waals surface area contributed by atoms with Crippen molar-refractivity contribution >= 4 is 27.1 Å². The molecule has 0 saturated carbocycles. The zero-order chi connectivity index (χ0) is 14.8. The number of nitrogens with two attached hydrogens (primary N) is 2. The second-order valence-corrected chi connectivity index (χ2v) is 7.19. The minimum atomic E-state index is -3.29. The minimum absolute atomic E-state index is 0.139. The van der Waals surface area contributed by atoms with Crippen LogP contribution in [0, 0.1) is 0 Å². The molecule has 1 rings (SSSR count). The smallest absolute Gasteiger partial charge is 0.219 e. The second kappa shape index (κ2) is 5.08. The number of rotatable bonds is 5. The number of nitrogens with one attached hydrogen (secondary N) is 1. The lowest BCUT2D eigenvalue weighted by molar-refractivity contribution is -0.118. The highest BCUT2D eigenvalue weighted by molar-refractivity contribution is 7.90. The molecular weight excluding hydrogens is 266 g/mol. The van der Waals surface area contributed by atoms with E-state index in [-0.39, 0.29) is 11.3 Å². The van der Waals surface area contributed by atoms with E-state index >= 15 is 0 Å². The lowest BCUT2D eigenvalue weighted by Gasteiger charge is -2.27. The van der Waals surface area contributed by atoms with Gasteiger partial charge in [0.2, 0.25) is 5.91 Å². The van der Waals surface area contributed by atoms with E-state index < -0.39 is 21.3 Å². The summed E-state index contributed by atoms with van der Waals surface area (Å²) in [5.41, 5.74) is 11.3. The Kier molecular flexibility index (Phi) is 4.09. The molecule has 0 aromatic heterocycles. The van der Waals surface area contributed by atoms with Crippen molar-refractivity contribution in [3.05, 3.63) is 18.2 Å². The number of nitrogen functional groups attached to an aromatic ring is 1. The monoisotopic (exact) mass is 285 g/mol. The van der Waals surface area contributed by atoms with Crippen molar-refractivity contribution in [2.75, 3.05) is 17.3 Å². The van der Waals surface area contributed by atoms with Gasteiger partial charge < -0.3 is 16.8 Å². The highest BCUT2D eigenvalue weighted by Crippen LogP contribution is 2.26. The highest BCUT2D eigenvalue weighted by atomic mass is 32.2. The van der Waals surface area contributed by atoms with Crippen LogP contribution in [0.3, 0.4) is 0 Å². The number of anilines is 2. The summed E-state index contributed by atoms with van der Waals surface area (Å²) in [6.45, 7) is 3.61. The molecule has 0 heterocycles. The molecule has 0 bridgehead atoms. The first-order chi connectivity index (χ1) is 8.51. The third-order valence-electron chi connectivity index (χ3n) is 2.54. The molecule has 0 aliphatic rings. The Balaban J connectivity index is 3.02. The predicted molar refractivity (Wildman–Crippen MR) is 75.5 cm³/mol. The topological polar surface area (TPSA) is 115 Å². The maximum atomic E-state index is 11.4. The fourth-order valence-corrected chi connectivity index (χ4v) is 2.39. The number of hydrogen-bond donors (Lipinski definition) is 3. The van der Waals surface area contributed by atoms with Gasteiger partial charge in [-0.2, -0.15) is 0 Å². The van der Waals surface area contributed by atoms with Gasteiger partial charge >= 0.3 is 0 Å². The van der Waals surface area contributed by atoms with Crippen LogP contribution < -0.4 is 16.8 Å². The summed E-state index contributed by atoms with van der Waals surface area (Å²) in [5.74, 6) is -0.427. The number of hydrogen-bond acceptors (Lipinski definition) is 5. The average Bonchev–Trinajstić information content (AvgIpc) is 2.16. The van der Waals surface area contributed by atoms with E-state index in [0.717, 1.165) is 6.26 Å². The van der Waals surface area contributed by atoms with Crippen molar-refractivity contribution in [2.24, 2.45) is 5.73 Å². The molecule has 0 radical (unpaired) electrons. The van der Waals surface area contributed by atoms with Crippen molar-refractivity contribution < 1.29 is 13.2 Å². The van der Waals surface area contributed by atoms with Crippen molar-refractivity contribution in [2.45, 2.75) is 30.7 Å². The number of sulfone groups is 1. The SMILES string of the molecule is CC(C)(CC(N)=O)Nc1ccc(S(C)(=O)=O)cc1N. The van der Waals surface area contributed by atoms with Crippen LogP contribution >= 0.6 is 0 Å². The third-order valence-corrected chi connectivity index (χ3v) is 3.65. The van der Waals surface area contributed by atoms with E-state index in [0.29, 0.717) is 11.4 Å². The second-order valence-electron chi connectivity index (χ2n) is 5.17. The van der Waals surface area contributed by atoms with Gasteiger partial charge in [0.05, 0.1) is 16.3 Å². The standard InChI is InChI=1S/C12H19N3O3S/c1-12(2,7-11(14)16)15-10-5-4-8(6-9(10)13)19(3,17)18/h4-6,15H,7,13H2,1-3H3,(H2,14,16). The molecule has 0 unspecified atom stereocenters. The van der Waals surface area contributed by atoms with E-state index in [1.807, 2.05) is 13.8 Å². The number of carbonyl (C=O) groups is 1. The molecule has 5 N–H and O–H groups in total. The van der Waals surface area contributed by atoms with Crippen LogP contribution in [0.1, 0.15) is 20.3 Å². The molecule has 106 valence electrons. The maximum absolute atomic E-state index is 11.4. The first-order valence-corrected chi connectivity index (χ1v) is 7.56. The first kappa shape index (κ1) is 15.3. The molecule has 1 aromatic rings. The molecule has 0 saturated heterocycles. The lowest BCUT2D eigenvalue weighted by Crippen LogP contribution is -2.36. The Morgan fingerprint density at radius 2 is 1.95 bits per heavy atom. The van der Waals surface area contributed by atoms with Gasteiger partial charge in [0, 0.05) is 18.2 Å². The molecule has 7 heteroatoms. The van der Waals surface area contributed by atoms with Gasteiger partial charge in [-0.3, -0.25) is 4.79 Å². The molecule has 1 amide bonds. The molecule has 6 nitrogen and oxygen atoms in total. The van der Waals surface area contributed by atoms with Crippen LogP contribution in [0.2, 0.25) is 0 Å². The molecule has 1 aromatic carbocycles. The Bertz CT molecular complexity index is 594. The van der Waals surface area contributed by atoms with Crippen molar-refractivity contribution in [3.8, 4) is 0 Å². The average molecular weight is 285 g/mol. The molecule has 0 atom stereocenters. The molecule has 19 heavy (non-hydrogen) atoms. The zero-order valence-corrected chi connectivity index (χ0v) is 12.0. The van der Waals surface area contributed by atoms with Crippen molar-refractivity contribution in [1.29, 1.82) is 0 Å². The number of carbonyl (C=O) groups excluding carboxylic acids is 1. The minimum Gasteiger partial charge on any atom is -0.397 e. The van der Waals surface area contributed by atoms with Crippen LogP contribution in [-0.2, 0) is 14.6 Å². The van der Waals surface area contributed by atoms with Gasteiger partial charge in [-0.1, -0.05) is 0 Å². The van der Waals surface area contributed by atoms with Gasteiger partial charge in [0.15, 0.2) is 9.84 Å². The van der Waals surface area contributed by atoms with Gasteiger partial charge in [0.25, 0.3) is 0 Å². The Morgan fingerprint density at radius 1 is 1.37 bits per heavy atom. The van der Waals surface area contributed by atoms with Crippen LogP contribution in [-0.4, -0.2) is 26.1 Å². The lowest BCUT2D eigenvalue weighted by atomic mass is 9.99. The number of primary amides is 1. The fraction of sp³-hybridized carbons (Fsp3) is 0.417. The Labute approximate surface area is 113 Å². The van der Waals surface area contributed by atoms with E-state index in [4.69, 9.17) is 11.5 Å². The van der Waals surface area contributed by atoms with Gasteiger partial charge in [-0.15, -0.1) is 0 Å². The molecule has 0 aliphatic carbocycles. The van der Waals surface area contributed by atoms with E-state index in [2.05, 4.69) is 5.32 Å². The first-order valence-electron chi connectivity index (χ1n) is 5.67. The summed E-state index contributed by atoms with van der Waals surface area (Å²) in [4.78, 5) is 11.1. The van der Waals surface area contributed by atoms with Crippen LogP contribution in [0.4, 0.5) is 11.4 Å². The summed E-state index contributed by atoms with van der Waals surface area (Å²) < 4.78 is 22.8. The molecule has 0 fully saturated rings. The third kappa shape index (κ3) is 4.44. The normalized spacial score (nSPS) is 12.2. The van der Waals surface area contributed by atoms with Crippen LogP contribution in [0.15, 0.2) is 23.1 Å². The Morgan fingerprint density at radius 3 is 2.37 bits per heavy atom. The van der Waals surface area contributed by atoms with Crippen LogP contribution in [0.5, 0.6) is 0 Å². The molecule has 0 aliphatic heterocycles. The fourth-order valence-electron chi connectivity index (χ4n) is 1.73. The van der Waals surface area contributed by atoms with Gasteiger partial charge in [-0.25, -0.2) is 8.42 Å². The van der Waals surface area contributed by atoms with E-state index in [1.54, 1.807) is 6.07 Å². The Hall–Kier alpha value is -1.76. The summed E-state index contributed by atoms with van der Waals surface area (Å²) in [5, 5.41) is 3.08. The largest absolute Gasteiger partial charge is 0.397 e. The quantitative estimate of drug-likeness (QED) is 0.690. The van der Waals surface area contributed by atoms with Crippen LogP contribution in [0.25, 0.3) is 0 Å². The van der Waals surface area contributed by atoms with Crippen molar-refractivity contribution in [1.82, 2.24) is 0 Å². The highest BCUT2D eigenvalue weighted by Gasteiger charge is 2.21.